The summed E-state index contributed by atoms with van der Waals surface area (Å²) in [6.07, 6.45) is 5.66. The Morgan fingerprint density at radius 1 is 1.35 bits per heavy atom. The molecule has 0 heterocycles. The fraction of sp³-hybridized carbons (Fsp3) is 0.500. The van der Waals surface area contributed by atoms with Crippen LogP contribution in [0.5, 0.6) is 0 Å². The van der Waals surface area contributed by atoms with Gasteiger partial charge in [0.1, 0.15) is 11.6 Å². The monoisotopic (exact) mass is 254 g/mol. The normalized spacial score (nSPS) is 16.4. The average molecular weight is 255 g/mol. The molecule has 0 amide bonds. The number of hydrogen-bond donors (Lipinski definition) is 0. The van der Waals surface area contributed by atoms with Gasteiger partial charge in [-0.1, -0.05) is 30.5 Å². The molecule has 1 aliphatic rings. The largest absolute Gasteiger partial charge is 0.299 e. The number of ketones is 1. The van der Waals surface area contributed by atoms with Crippen LogP contribution in [0, 0.1) is 11.7 Å². The molecule has 0 N–H and O–H groups in total. The molecule has 0 unspecified atom stereocenters. The van der Waals surface area contributed by atoms with E-state index in [1.165, 1.54) is 18.9 Å². The molecule has 17 heavy (non-hydrogen) atoms. The molecule has 0 atom stereocenters. The molecule has 0 aromatic heterocycles. The van der Waals surface area contributed by atoms with Crippen LogP contribution in [0.1, 0.15) is 37.7 Å². The third-order valence-electron chi connectivity index (χ3n) is 3.45. The van der Waals surface area contributed by atoms with Crippen LogP contribution >= 0.6 is 11.6 Å². The lowest BCUT2D eigenvalue weighted by Crippen LogP contribution is -2.11. The highest BCUT2D eigenvalue weighted by Gasteiger charge is 2.21. The fourth-order valence-electron chi connectivity index (χ4n) is 2.41. The quantitative estimate of drug-likeness (QED) is 0.788. The lowest BCUT2D eigenvalue weighted by molar-refractivity contribution is -0.122. The number of carbonyl (C=O) groups excluding carboxylic acids is 1. The lowest BCUT2D eigenvalue weighted by Gasteiger charge is -2.07. The van der Waals surface area contributed by atoms with E-state index in [4.69, 9.17) is 11.6 Å². The van der Waals surface area contributed by atoms with Gasteiger partial charge in [0.2, 0.25) is 0 Å². The van der Waals surface area contributed by atoms with E-state index in [0.717, 1.165) is 18.4 Å². The van der Waals surface area contributed by atoms with E-state index in [0.29, 0.717) is 18.6 Å². The van der Waals surface area contributed by atoms with Crippen LogP contribution in [0.25, 0.3) is 0 Å². The Hall–Kier alpha value is -0.890. The van der Waals surface area contributed by atoms with Crippen molar-refractivity contribution in [3.8, 4) is 0 Å². The first-order valence-electron chi connectivity index (χ1n) is 6.13. The molecule has 0 spiro atoms. The van der Waals surface area contributed by atoms with Gasteiger partial charge in [-0.3, -0.25) is 4.79 Å². The van der Waals surface area contributed by atoms with E-state index in [1.807, 2.05) is 0 Å². The molecule has 0 bridgehead atoms. The van der Waals surface area contributed by atoms with Crippen LogP contribution in [-0.4, -0.2) is 5.78 Å². The summed E-state index contributed by atoms with van der Waals surface area (Å²) in [5.74, 6) is 0.214. The maximum absolute atomic E-state index is 12.9. The molecule has 3 heteroatoms. The van der Waals surface area contributed by atoms with Crippen LogP contribution in [0.15, 0.2) is 18.2 Å². The number of benzene rings is 1. The number of aryl methyl sites for hydroxylation is 1. The van der Waals surface area contributed by atoms with Crippen molar-refractivity contribution in [1.29, 1.82) is 0 Å². The van der Waals surface area contributed by atoms with Gasteiger partial charge in [0.15, 0.2) is 0 Å². The van der Waals surface area contributed by atoms with Gasteiger partial charge >= 0.3 is 0 Å². The molecule has 0 radical (unpaired) electrons. The van der Waals surface area contributed by atoms with Gasteiger partial charge < -0.3 is 0 Å². The predicted molar refractivity (Wildman–Crippen MR) is 66.7 cm³/mol. The van der Waals surface area contributed by atoms with Crippen molar-refractivity contribution < 1.29 is 9.18 Å². The van der Waals surface area contributed by atoms with Crippen molar-refractivity contribution in [3.63, 3.8) is 0 Å². The first-order chi connectivity index (χ1) is 8.16. The first kappa shape index (κ1) is 12.6. The molecule has 0 aliphatic heterocycles. The van der Waals surface area contributed by atoms with E-state index in [-0.39, 0.29) is 10.9 Å². The Morgan fingerprint density at radius 2 is 2.06 bits per heavy atom. The molecule has 2 rings (SSSR count). The predicted octanol–water partition coefficient (Wildman–Crippen LogP) is 4.17. The van der Waals surface area contributed by atoms with Crippen LogP contribution in [-0.2, 0) is 11.2 Å². The van der Waals surface area contributed by atoms with Crippen molar-refractivity contribution in [2.24, 2.45) is 5.92 Å². The van der Waals surface area contributed by atoms with Crippen LogP contribution in [0.2, 0.25) is 5.02 Å². The van der Waals surface area contributed by atoms with E-state index in [1.54, 1.807) is 12.1 Å². The molecule has 92 valence electrons. The van der Waals surface area contributed by atoms with Gasteiger partial charge in [-0.15, -0.1) is 0 Å². The second-order valence-corrected chi connectivity index (χ2v) is 5.10. The van der Waals surface area contributed by atoms with Crippen molar-refractivity contribution in [3.05, 3.63) is 34.6 Å². The molecule has 1 aromatic rings. The SMILES string of the molecule is O=C(CCc1ccc(F)c(Cl)c1)C1CCCC1. The third kappa shape index (κ3) is 3.29. The highest BCUT2D eigenvalue weighted by atomic mass is 35.5. The summed E-state index contributed by atoms with van der Waals surface area (Å²) in [5, 5.41) is 0.135. The molecule has 0 saturated heterocycles. The summed E-state index contributed by atoms with van der Waals surface area (Å²) >= 11 is 5.70. The second-order valence-electron chi connectivity index (χ2n) is 4.70. The van der Waals surface area contributed by atoms with Gasteiger partial charge in [-0.05, 0) is 37.0 Å². The van der Waals surface area contributed by atoms with Crippen molar-refractivity contribution in [2.75, 3.05) is 0 Å². The minimum atomic E-state index is -0.405. The van der Waals surface area contributed by atoms with E-state index in [2.05, 4.69) is 0 Å². The minimum Gasteiger partial charge on any atom is -0.299 e. The highest BCUT2D eigenvalue weighted by Crippen LogP contribution is 2.27. The number of rotatable bonds is 4. The molecule has 1 nitrogen and oxygen atoms in total. The highest BCUT2D eigenvalue weighted by molar-refractivity contribution is 6.30. The van der Waals surface area contributed by atoms with Crippen LogP contribution in [0.4, 0.5) is 4.39 Å². The summed E-state index contributed by atoms with van der Waals surface area (Å²) in [7, 11) is 0. The maximum Gasteiger partial charge on any atom is 0.141 e. The van der Waals surface area contributed by atoms with Crippen LogP contribution in [0.3, 0.4) is 0 Å². The maximum atomic E-state index is 12.9. The average Bonchev–Trinajstić information content (AvgIpc) is 2.84. The zero-order valence-electron chi connectivity index (χ0n) is 9.72. The fourth-order valence-corrected chi connectivity index (χ4v) is 2.62. The molecular weight excluding hydrogens is 239 g/mol. The molecule has 1 saturated carbocycles. The number of Topliss-reactive ketones (excluding diaryl/α,β-unsaturated/α-hetero) is 1. The second kappa shape index (κ2) is 5.63. The summed E-state index contributed by atoms with van der Waals surface area (Å²) in [4.78, 5) is 11.9. The van der Waals surface area contributed by atoms with Crippen molar-refractivity contribution in [2.45, 2.75) is 38.5 Å². The van der Waals surface area contributed by atoms with Gasteiger partial charge in [-0.2, -0.15) is 0 Å². The summed E-state index contributed by atoms with van der Waals surface area (Å²) in [5.41, 5.74) is 0.933. The molecule has 1 fully saturated rings. The zero-order valence-corrected chi connectivity index (χ0v) is 10.5. The molecule has 1 aromatic carbocycles. The Bertz CT molecular complexity index is 411. The summed E-state index contributed by atoms with van der Waals surface area (Å²) in [6, 6.07) is 4.67. The van der Waals surface area contributed by atoms with Gasteiger partial charge in [0.25, 0.3) is 0 Å². The number of halogens is 2. The van der Waals surface area contributed by atoms with Gasteiger partial charge in [-0.25, -0.2) is 4.39 Å². The Balaban J connectivity index is 1.88. The van der Waals surface area contributed by atoms with E-state index < -0.39 is 5.82 Å². The van der Waals surface area contributed by atoms with Crippen LogP contribution < -0.4 is 0 Å². The Morgan fingerprint density at radius 3 is 2.71 bits per heavy atom. The Labute approximate surface area is 106 Å². The molecule has 1 aliphatic carbocycles. The van der Waals surface area contributed by atoms with Gasteiger partial charge in [0.05, 0.1) is 5.02 Å². The van der Waals surface area contributed by atoms with Crippen molar-refractivity contribution in [1.82, 2.24) is 0 Å². The minimum absolute atomic E-state index is 0.135. The summed E-state index contributed by atoms with van der Waals surface area (Å²) in [6.45, 7) is 0. The standard InChI is InChI=1S/C14H16ClFO/c15-12-9-10(5-7-13(12)16)6-8-14(17)11-3-1-2-4-11/h5,7,9,11H,1-4,6,8H2. The first-order valence-corrected chi connectivity index (χ1v) is 6.51. The molecular formula is C14H16ClFO. The van der Waals surface area contributed by atoms with Gasteiger partial charge in [0, 0.05) is 12.3 Å². The topological polar surface area (TPSA) is 17.1 Å². The summed E-state index contributed by atoms with van der Waals surface area (Å²) < 4.78 is 12.9. The number of hydrogen-bond acceptors (Lipinski definition) is 1. The van der Waals surface area contributed by atoms with E-state index >= 15 is 0 Å². The third-order valence-corrected chi connectivity index (χ3v) is 3.74. The zero-order chi connectivity index (χ0) is 12.3. The smallest absolute Gasteiger partial charge is 0.141 e. The lowest BCUT2D eigenvalue weighted by atomic mass is 9.97. The van der Waals surface area contributed by atoms with E-state index in [9.17, 15) is 9.18 Å². The Kier molecular flexibility index (Phi) is 4.16. The number of carbonyl (C=O) groups is 1. The van der Waals surface area contributed by atoms with Crippen molar-refractivity contribution >= 4 is 17.4 Å².